The standard InChI is InChI=1S/C15H21ClN2O2.ClH/c1-20-14-10-17-9-13(14)18-15(19)4-2-3-11-5-7-12(16)8-6-11;/h5-8,13-14,17H,2-4,9-10H2,1H3,(H,18,19);1H/t13-,14-;/m0./s1. The van der Waals surface area contributed by atoms with Crippen LogP contribution in [0.15, 0.2) is 24.3 Å². The van der Waals surface area contributed by atoms with Gasteiger partial charge in [0.15, 0.2) is 0 Å². The van der Waals surface area contributed by atoms with Crippen molar-refractivity contribution in [1.29, 1.82) is 0 Å². The second-order valence-corrected chi connectivity index (χ2v) is 5.52. The maximum Gasteiger partial charge on any atom is 0.220 e. The van der Waals surface area contributed by atoms with E-state index < -0.39 is 0 Å². The predicted octanol–water partition coefficient (Wildman–Crippen LogP) is 2.19. The molecule has 6 heteroatoms. The number of rotatable bonds is 6. The molecule has 21 heavy (non-hydrogen) atoms. The molecule has 1 amide bonds. The molecule has 0 unspecified atom stereocenters. The fraction of sp³-hybridized carbons (Fsp3) is 0.533. The van der Waals surface area contributed by atoms with E-state index in [1.54, 1.807) is 7.11 Å². The third kappa shape index (κ3) is 5.83. The number of aryl methyl sites for hydroxylation is 1. The number of carbonyl (C=O) groups excluding carboxylic acids is 1. The molecule has 2 N–H and O–H groups in total. The maximum atomic E-state index is 11.9. The highest BCUT2D eigenvalue weighted by Gasteiger charge is 2.27. The number of carbonyl (C=O) groups is 1. The lowest BCUT2D eigenvalue weighted by molar-refractivity contribution is -0.122. The van der Waals surface area contributed by atoms with E-state index >= 15 is 0 Å². The van der Waals surface area contributed by atoms with Gasteiger partial charge >= 0.3 is 0 Å². The molecule has 2 atom stereocenters. The first kappa shape index (κ1) is 18.2. The van der Waals surface area contributed by atoms with Crippen molar-refractivity contribution in [1.82, 2.24) is 10.6 Å². The SMILES string of the molecule is CO[C@H]1CNC[C@@H]1NC(=O)CCCc1ccc(Cl)cc1.Cl. The highest BCUT2D eigenvalue weighted by Crippen LogP contribution is 2.12. The van der Waals surface area contributed by atoms with Crippen molar-refractivity contribution in [3.63, 3.8) is 0 Å². The second-order valence-electron chi connectivity index (χ2n) is 5.09. The van der Waals surface area contributed by atoms with E-state index in [0.29, 0.717) is 6.42 Å². The van der Waals surface area contributed by atoms with Crippen LogP contribution in [0.1, 0.15) is 18.4 Å². The molecule has 118 valence electrons. The normalized spacial score (nSPS) is 20.9. The molecule has 0 saturated carbocycles. The molecule has 0 spiro atoms. The van der Waals surface area contributed by atoms with Gasteiger partial charge in [0, 0.05) is 31.6 Å². The van der Waals surface area contributed by atoms with Gasteiger partial charge in [-0.1, -0.05) is 23.7 Å². The molecule has 0 bridgehead atoms. The van der Waals surface area contributed by atoms with Gasteiger partial charge < -0.3 is 15.4 Å². The molecule has 0 aliphatic carbocycles. The summed E-state index contributed by atoms with van der Waals surface area (Å²) in [5, 5.41) is 6.98. The van der Waals surface area contributed by atoms with Crippen LogP contribution in [0.25, 0.3) is 0 Å². The highest BCUT2D eigenvalue weighted by atomic mass is 35.5. The number of benzene rings is 1. The van der Waals surface area contributed by atoms with E-state index in [-0.39, 0.29) is 30.5 Å². The van der Waals surface area contributed by atoms with Gasteiger partial charge in [0.05, 0.1) is 12.1 Å². The topological polar surface area (TPSA) is 50.4 Å². The summed E-state index contributed by atoms with van der Waals surface area (Å²) >= 11 is 5.84. The zero-order valence-corrected chi connectivity index (χ0v) is 13.7. The molecule has 1 saturated heterocycles. The van der Waals surface area contributed by atoms with Crippen LogP contribution in [0.3, 0.4) is 0 Å². The molecule has 1 aliphatic rings. The first-order chi connectivity index (χ1) is 9.69. The first-order valence-corrected chi connectivity index (χ1v) is 7.34. The molecule has 1 heterocycles. The summed E-state index contributed by atoms with van der Waals surface area (Å²) in [6, 6.07) is 7.85. The zero-order valence-electron chi connectivity index (χ0n) is 12.1. The van der Waals surface area contributed by atoms with Crippen molar-refractivity contribution in [2.45, 2.75) is 31.4 Å². The van der Waals surface area contributed by atoms with Gasteiger partial charge in [-0.15, -0.1) is 12.4 Å². The van der Waals surface area contributed by atoms with Gasteiger partial charge in [0.25, 0.3) is 0 Å². The minimum absolute atomic E-state index is 0. The molecular formula is C15H22Cl2N2O2. The number of nitrogens with one attached hydrogen (secondary N) is 2. The molecule has 1 aromatic rings. The van der Waals surface area contributed by atoms with Crippen molar-refractivity contribution in [3.8, 4) is 0 Å². The van der Waals surface area contributed by atoms with Crippen LogP contribution in [0.4, 0.5) is 0 Å². The van der Waals surface area contributed by atoms with Crippen LogP contribution in [0, 0.1) is 0 Å². The minimum atomic E-state index is 0. The average Bonchev–Trinajstić information content (AvgIpc) is 2.88. The van der Waals surface area contributed by atoms with Crippen molar-refractivity contribution in [3.05, 3.63) is 34.9 Å². The summed E-state index contributed by atoms with van der Waals surface area (Å²) < 4.78 is 5.32. The molecule has 1 aliphatic heterocycles. The van der Waals surface area contributed by atoms with Crippen molar-refractivity contribution in [2.75, 3.05) is 20.2 Å². The molecule has 1 fully saturated rings. The quantitative estimate of drug-likeness (QED) is 0.839. The van der Waals surface area contributed by atoms with Crippen LogP contribution in [-0.2, 0) is 16.0 Å². The van der Waals surface area contributed by atoms with Crippen LogP contribution < -0.4 is 10.6 Å². The van der Waals surface area contributed by atoms with Gasteiger partial charge in [0.2, 0.25) is 5.91 Å². The summed E-state index contributed by atoms with van der Waals surface area (Å²) in [5.41, 5.74) is 1.21. The van der Waals surface area contributed by atoms with Crippen LogP contribution in [0.2, 0.25) is 5.02 Å². The van der Waals surface area contributed by atoms with Crippen LogP contribution in [0.5, 0.6) is 0 Å². The van der Waals surface area contributed by atoms with Crippen molar-refractivity contribution < 1.29 is 9.53 Å². The zero-order chi connectivity index (χ0) is 14.4. The van der Waals surface area contributed by atoms with E-state index in [9.17, 15) is 4.79 Å². The average molecular weight is 333 g/mol. The van der Waals surface area contributed by atoms with E-state index in [1.165, 1.54) is 5.56 Å². The molecule has 0 radical (unpaired) electrons. The maximum absolute atomic E-state index is 11.9. The highest BCUT2D eigenvalue weighted by molar-refractivity contribution is 6.30. The lowest BCUT2D eigenvalue weighted by Crippen LogP contribution is -2.43. The number of ether oxygens (including phenoxy) is 1. The Balaban J connectivity index is 0.00000220. The lowest BCUT2D eigenvalue weighted by Gasteiger charge is -2.18. The number of hydrogen-bond acceptors (Lipinski definition) is 3. The Kier molecular flexibility index (Phi) is 8.04. The predicted molar refractivity (Wildman–Crippen MR) is 87.2 cm³/mol. The number of halogens is 2. The Bertz CT molecular complexity index is 440. The summed E-state index contributed by atoms with van der Waals surface area (Å²) in [7, 11) is 1.68. The number of methoxy groups -OCH3 is 1. The fourth-order valence-electron chi connectivity index (χ4n) is 2.43. The van der Waals surface area contributed by atoms with Gasteiger partial charge in [-0.25, -0.2) is 0 Å². The molecule has 2 rings (SSSR count). The number of amides is 1. The van der Waals surface area contributed by atoms with Gasteiger partial charge in [-0.3, -0.25) is 4.79 Å². The third-order valence-corrected chi connectivity index (χ3v) is 3.84. The van der Waals surface area contributed by atoms with E-state index in [1.807, 2.05) is 24.3 Å². The van der Waals surface area contributed by atoms with Crippen molar-refractivity contribution in [2.24, 2.45) is 0 Å². The van der Waals surface area contributed by atoms with Crippen LogP contribution in [-0.4, -0.2) is 38.3 Å². The molecule has 0 aromatic heterocycles. The van der Waals surface area contributed by atoms with Gasteiger partial charge in [0.1, 0.15) is 0 Å². The van der Waals surface area contributed by atoms with E-state index in [2.05, 4.69) is 10.6 Å². The third-order valence-electron chi connectivity index (χ3n) is 3.59. The smallest absolute Gasteiger partial charge is 0.220 e. The largest absolute Gasteiger partial charge is 0.378 e. The Morgan fingerprint density at radius 1 is 1.38 bits per heavy atom. The summed E-state index contributed by atoms with van der Waals surface area (Å²) in [5.74, 6) is 0.0923. The second kappa shape index (κ2) is 9.26. The fourth-order valence-corrected chi connectivity index (χ4v) is 2.56. The Hall–Kier alpha value is -0.810. The number of hydrogen-bond donors (Lipinski definition) is 2. The minimum Gasteiger partial charge on any atom is -0.378 e. The van der Waals surface area contributed by atoms with Gasteiger partial charge in [-0.05, 0) is 30.5 Å². The van der Waals surface area contributed by atoms with Gasteiger partial charge in [-0.2, -0.15) is 0 Å². The van der Waals surface area contributed by atoms with E-state index in [0.717, 1.165) is 31.0 Å². The Morgan fingerprint density at radius 3 is 2.76 bits per heavy atom. The Labute approximate surface area is 137 Å². The Morgan fingerprint density at radius 2 is 2.10 bits per heavy atom. The van der Waals surface area contributed by atoms with E-state index in [4.69, 9.17) is 16.3 Å². The molecular weight excluding hydrogens is 311 g/mol. The summed E-state index contributed by atoms with van der Waals surface area (Å²) in [6.07, 6.45) is 2.34. The molecule has 1 aromatic carbocycles. The monoisotopic (exact) mass is 332 g/mol. The lowest BCUT2D eigenvalue weighted by atomic mass is 10.1. The van der Waals surface area contributed by atoms with Crippen molar-refractivity contribution >= 4 is 29.9 Å². The van der Waals surface area contributed by atoms with Crippen LogP contribution >= 0.6 is 24.0 Å². The first-order valence-electron chi connectivity index (χ1n) is 6.96. The molecule has 4 nitrogen and oxygen atoms in total. The summed E-state index contributed by atoms with van der Waals surface area (Å²) in [6.45, 7) is 1.58. The summed E-state index contributed by atoms with van der Waals surface area (Å²) in [4.78, 5) is 11.9.